The van der Waals surface area contributed by atoms with E-state index >= 15 is 0 Å². The predicted molar refractivity (Wildman–Crippen MR) is 102 cm³/mol. The molecule has 25 heavy (non-hydrogen) atoms. The van der Waals surface area contributed by atoms with Crippen molar-refractivity contribution in [1.82, 2.24) is 9.80 Å². The van der Waals surface area contributed by atoms with Gasteiger partial charge in [-0.1, -0.05) is 24.1 Å². The van der Waals surface area contributed by atoms with E-state index in [1.807, 2.05) is 0 Å². The molecule has 2 aliphatic rings. The van der Waals surface area contributed by atoms with Gasteiger partial charge in [-0.15, -0.1) is 0 Å². The van der Waals surface area contributed by atoms with Crippen molar-refractivity contribution in [2.45, 2.75) is 52.2 Å². The number of aliphatic hydroxyl groups is 1. The van der Waals surface area contributed by atoms with Crippen LogP contribution in [0, 0.1) is 0 Å². The third-order valence-electron chi connectivity index (χ3n) is 5.50. The Kier molecular flexibility index (Phi) is 6.51. The molecular weight excluding hydrogens is 312 g/mol. The predicted octanol–water partition coefficient (Wildman–Crippen LogP) is 3.19. The maximum absolute atomic E-state index is 9.64. The third-order valence-corrected chi connectivity index (χ3v) is 5.50. The lowest BCUT2D eigenvalue weighted by atomic mass is 10.0. The minimum Gasteiger partial charge on any atom is -0.492 e. The molecule has 0 amide bonds. The monoisotopic (exact) mass is 344 g/mol. The Hall–Kier alpha value is -1.36. The summed E-state index contributed by atoms with van der Waals surface area (Å²) < 4.78 is 5.97. The normalized spacial score (nSPS) is 23.0. The van der Waals surface area contributed by atoms with Gasteiger partial charge in [0.2, 0.25) is 0 Å². The number of fused-ring (bicyclic) bond motifs is 1. The van der Waals surface area contributed by atoms with Gasteiger partial charge in [0.05, 0.1) is 6.61 Å². The molecule has 1 fully saturated rings. The molecule has 0 spiro atoms. The van der Waals surface area contributed by atoms with Crippen LogP contribution in [0.3, 0.4) is 0 Å². The number of likely N-dealkylation sites (tertiary alicyclic amines) is 1. The van der Waals surface area contributed by atoms with E-state index < -0.39 is 0 Å². The first-order chi connectivity index (χ1) is 12.2. The lowest BCUT2D eigenvalue weighted by Crippen LogP contribution is -2.41. The highest BCUT2D eigenvalue weighted by Gasteiger charge is 2.22. The molecule has 2 aliphatic heterocycles. The van der Waals surface area contributed by atoms with Crippen molar-refractivity contribution in [3.8, 4) is 5.75 Å². The zero-order valence-electron chi connectivity index (χ0n) is 15.7. The van der Waals surface area contributed by atoms with Crippen molar-refractivity contribution in [3.05, 3.63) is 41.0 Å². The summed E-state index contributed by atoms with van der Waals surface area (Å²) in [5, 5.41) is 9.64. The van der Waals surface area contributed by atoms with Crippen molar-refractivity contribution in [1.29, 1.82) is 0 Å². The highest BCUT2D eigenvalue weighted by atomic mass is 16.5. The van der Waals surface area contributed by atoms with Gasteiger partial charge in [0.15, 0.2) is 0 Å². The van der Waals surface area contributed by atoms with E-state index in [4.69, 9.17) is 4.74 Å². The molecule has 0 aliphatic carbocycles. The Balaban J connectivity index is 1.71. The first kappa shape index (κ1) is 18.4. The molecule has 1 unspecified atom stereocenters. The van der Waals surface area contributed by atoms with Crippen molar-refractivity contribution < 1.29 is 9.84 Å². The molecule has 4 heteroatoms. The van der Waals surface area contributed by atoms with E-state index in [1.54, 1.807) is 0 Å². The maximum Gasteiger partial charge on any atom is 0.123 e. The quantitative estimate of drug-likeness (QED) is 0.832. The summed E-state index contributed by atoms with van der Waals surface area (Å²) in [5.41, 5.74) is 4.02. The van der Waals surface area contributed by atoms with Crippen LogP contribution in [0.4, 0.5) is 0 Å². The summed E-state index contributed by atoms with van der Waals surface area (Å²) in [7, 11) is 0. The summed E-state index contributed by atoms with van der Waals surface area (Å²) in [4.78, 5) is 4.90. The minimum absolute atomic E-state index is 0.268. The second-order valence-electron chi connectivity index (χ2n) is 7.44. The van der Waals surface area contributed by atoms with Crippen LogP contribution in [0.25, 0.3) is 0 Å². The standard InChI is InChI=1S/C21H32N2O2/c1-3-17(2)13-22-10-11-25-21-8-7-18(12-19(21)15-22)14-23-9-5-4-6-20(23)16-24/h3,7-8,12,20,24H,4-6,9-11,13-16H2,1-2H3/b17-3+. The molecule has 0 saturated carbocycles. The van der Waals surface area contributed by atoms with Crippen molar-refractivity contribution in [3.63, 3.8) is 0 Å². The summed E-state index contributed by atoms with van der Waals surface area (Å²) in [6.45, 7) is 10.2. The van der Waals surface area contributed by atoms with Crippen LogP contribution in [0.1, 0.15) is 44.2 Å². The van der Waals surface area contributed by atoms with Gasteiger partial charge in [0.1, 0.15) is 12.4 Å². The summed E-state index contributed by atoms with van der Waals surface area (Å²) in [5.74, 6) is 1.03. The lowest BCUT2D eigenvalue weighted by molar-refractivity contribution is 0.0841. The molecule has 4 nitrogen and oxygen atoms in total. The Morgan fingerprint density at radius 3 is 3.00 bits per heavy atom. The molecule has 2 heterocycles. The number of hydrogen-bond donors (Lipinski definition) is 1. The molecule has 138 valence electrons. The Morgan fingerprint density at radius 2 is 2.20 bits per heavy atom. The number of hydrogen-bond acceptors (Lipinski definition) is 4. The minimum atomic E-state index is 0.268. The van der Waals surface area contributed by atoms with Crippen LogP contribution in [-0.2, 0) is 13.1 Å². The topological polar surface area (TPSA) is 35.9 Å². The van der Waals surface area contributed by atoms with E-state index in [0.717, 1.165) is 51.5 Å². The SMILES string of the molecule is C/C=C(\C)CN1CCOc2ccc(CN3CCCCC3CO)cc2C1. The van der Waals surface area contributed by atoms with Gasteiger partial charge < -0.3 is 9.84 Å². The van der Waals surface area contributed by atoms with Crippen LogP contribution in [-0.4, -0.2) is 53.8 Å². The second kappa shape index (κ2) is 8.84. The highest BCUT2D eigenvalue weighted by Crippen LogP contribution is 2.27. The highest BCUT2D eigenvalue weighted by molar-refractivity contribution is 5.38. The smallest absolute Gasteiger partial charge is 0.123 e. The van der Waals surface area contributed by atoms with Gasteiger partial charge in [0.25, 0.3) is 0 Å². The molecule has 3 rings (SSSR count). The summed E-state index contributed by atoms with van der Waals surface area (Å²) in [6, 6.07) is 6.95. The van der Waals surface area contributed by atoms with E-state index in [-0.39, 0.29) is 6.61 Å². The number of piperidine rings is 1. The van der Waals surface area contributed by atoms with E-state index in [9.17, 15) is 5.11 Å². The Labute approximate surface area is 152 Å². The maximum atomic E-state index is 9.64. The molecule has 0 aromatic heterocycles. The zero-order valence-corrected chi connectivity index (χ0v) is 15.7. The number of allylic oxidation sites excluding steroid dienone is 1. The molecule has 1 aromatic carbocycles. The van der Waals surface area contributed by atoms with Crippen LogP contribution in [0.15, 0.2) is 29.8 Å². The fourth-order valence-electron chi connectivity index (χ4n) is 3.89. The van der Waals surface area contributed by atoms with E-state index in [0.29, 0.717) is 6.04 Å². The van der Waals surface area contributed by atoms with Gasteiger partial charge in [0, 0.05) is 37.8 Å². The number of ether oxygens (including phenoxy) is 1. The fraction of sp³-hybridized carbons (Fsp3) is 0.619. The second-order valence-corrected chi connectivity index (χ2v) is 7.44. The number of nitrogens with zero attached hydrogens (tertiary/aromatic N) is 2. The Morgan fingerprint density at radius 1 is 1.32 bits per heavy atom. The van der Waals surface area contributed by atoms with Crippen molar-refractivity contribution in [2.75, 3.05) is 32.8 Å². The van der Waals surface area contributed by atoms with Gasteiger partial charge in [-0.25, -0.2) is 0 Å². The summed E-state index contributed by atoms with van der Waals surface area (Å²) in [6.07, 6.45) is 5.77. The third kappa shape index (κ3) is 4.84. The molecule has 0 bridgehead atoms. The van der Waals surface area contributed by atoms with Crippen LogP contribution >= 0.6 is 0 Å². The average Bonchev–Trinajstić information content (AvgIpc) is 2.83. The van der Waals surface area contributed by atoms with Crippen molar-refractivity contribution >= 4 is 0 Å². The fourth-order valence-corrected chi connectivity index (χ4v) is 3.89. The molecule has 1 atom stereocenters. The summed E-state index contributed by atoms with van der Waals surface area (Å²) >= 11 is 0. The number of benzene rings is 1. The lowest BCUT2D eigenvalue weighted by Gasteiger charge is -2.34. The van der Waals surface area contributed by atoms with Crippen LogP contribution in [0.5, 0.6) is 5.75 Å². The number of rotatable bonds is 5. The molecular formula is C21H32N2O2. The first-order valence-corrected chi connectivity index (χ1v) is 9.63. The molecule has 1 saturated heterocycles. The van der Waals surface area contributed by atoms with Gasteiger partial charge in [-0.3, -0.25) is 9.80 Å². The van der Waals surface area contributed by atoms with E-state index in [2.05, 4.69) is 47.9 Å². The van der Waals surface area contributed by atoms with Gasteiger partial charge >= 0.3 is 0 Å². The van der Waals surface area contributed by atoms with Crippen LogP contribution < -0.4 is 4.74 Å². The molecule has 0 radical (unpaired) electrons. The zero-order chi connectivity index (χ0) is 17.6. The Bertz CT molecular complexity index is 600. The van der Waals surface area contributed by atoms with E-state index in [1.165, 1.54) is 29.5 Å². The van der Waals surface area contributed by atoms with Crippen LogP contribution in [0.2, 0.25) is 0 Å². The number of aliphatic hydroxyl groups excluding tert-OH is 1. The van der Waals surface area contributed by atoms with Gasteiger partial charge in [-0.2, -0.15) is 0 Å². The largest absolute Gasteiger partial charge is 0.492 e. The average molecular weight is 344 g/mol. The van der Waals surface area contributed by atoms with Crippen molar-refractivity contribution in [2.24, 2.45) is 0 Å². The first-order valence-electron chi connectivity index (χ1n) is 9.63. The van der Waals surface area contributed by atoms with Gasteiger partial charge in [-0.05, 0) is 50.9 Å². The molecule has 1 N–H and O–H groups in total. The molecule has 1 aromatic rings.